The highest BCUT2D eigenvalue weighted by Crippen LogP contribution is 1.99. The molecule has 0 radical (unpaired) electrons. The van der Waals surface area contributed by atoms with Crippen molar-refractivity contribution >= 4 is 5.78 Å². The topological polar surface area (TPSA) is 17.1 Å². The zero-order valence-electron chi connectivity index (χ0n) is 7.72. The summed E-state index contributed by atoms with van der Waals surface area (Å²) in [5, 5.41) is 0. The molecule has 0 N–H and O–H groups in total. The van der Waals surface area contributed by atoms with Crippen LogP contribution in [0.3, 0.4) is 0 Å². The molecule has 0 rings (SSSR count). The number of carbonyl (C=O) groups excluding carboxylic acids is 1. The van der Waals surface area contributed by atoms with Crippen LogP contribution in [-0.4, -0.2) is 5.78 Å². The molecule has 0 aromatic heterocycles. The van der Waals surface area contributed by atoms with E-state index in [0.29, 0.717) is 0 Å². The Labute approximate surface area is 68.8 Å². The van der Waals surface area contributed by atoms with Crippen molar-refractivity contribution in [2.24, 2.45) is 5.92 Å². The molecule has 0 saturated heterocycles. The summed E-state index contributed by atoms with van der Waals surface area (Å²) >= 11 is 0. The molecular formula is C10H16O. The highest BCUT2D eigenvalue weighted by Gasteiger charge is 2.00. The summed E-state index contributed by atoms with van der Waals surface area (Å²) in [5.74, 6) is 0.294. The Balaban J connectivity index is 4.04. The summed E-state index contributed by atoms with van der Waals surface area (Å²) in [4.78, 5) is 11.0. The molecule has 0 aliphatic heterocycles. The third-order valence-electron chi connectivity index (χ3n) is 1.53. The van der Waals surface area contributed by atoms with Gasteiger partial charge in [0.05, 0.1) is 0 Å². The van der Waals surface area contributed by atoms with Crippen molar-refractivity contribution < 1.29 is 4.79 Å². The van der Waals surface area contributed by atoms with Crippen molar-refractivity contribution in [3.05, 3.63) is 23.8 Å². The number of carbonyl (C=O) groups is 1. The van der Waals surface area contributed by atoms with E-state index >= 15 is 0 Å². The third kappa shape index (κ3) is 4.54. The van der Waals surface area contributed by atoms with Crippen molar-refractivity contribution in [3.8, 4) is 0 Å². The standard InChI is InChI=1S/C10H16O/c1-5-9(4)6-7-10(11)8(2)3/h5-8H,1-4H3/b7-6-,9-5-. The molecule has 0 fully saturated rings. The van der Waals surface area contributed by atoms with Gasteiger partial charge in [0.25, 0.3) is 0 Å². The molecule has 0 bridgehead atoms. The van der Waals surface area contributed by atoms with Crippen LogP contribution < -0.4 is 0 Å². The summed E-state index contributed by atoms with van der Waals surface area (Å²) in [6.45, 7) is 7.74. The summed E-state index contributed by atoms with van der Waals surface area (Å²) in [5.41, 5.74) is 1.12. The van der Waals surface area contributed by atoms with Crippen LogP contribution >= 0.6 is 0 Å². The summed E-state index contributed by atoms with van der Waals surface area (Å²) in [6, 6.07) is 0. The second kappa shape index (κ2) is 4.89. The highest BCUT2D eigenvalue weighted by atomic mass is 16.1. The minimum atomic E-state index is 0.107. The van der Waals surface area contributed by atoms with Gasteiger partial charge in [-0.3, -0.25) is 4.79 Å². The lowest BCUT2D eigenvalue weighted by Gasteiger charge is -1.95. The van der Waals surface area contributed by atoms with Crippen LogP contribution in [0.1, 0.15) is 27.7 Å². The number of hydrogen-bond donors (Lipinski definition) is 0. The first-order valence-corrected chi connectivity index (χ1v) is 3.92. The van der Waals surface area contributed by atoms with E-state index in [2.05, 4.69) is 0 Å². The minimum absolute atomic E-state index is 0.107. The molecule has 0 atom stereocenters. The lowest BCUT2D eigenvalue weighted by Crippen LogP contribution is -2.01. The Morgan fingerprint density at radius 1 is 1.27 bits per heavy atom. The summed E-state index contributed by atoms with van der Waals surface area (Å²) in [6.07, 6.45) is 5.46. The molecule has 0 aliphatic rings. The molecule has 0 aromatic carbocycles. The van der Waals surface area contributed by atoms with Crippen LogP contribution in [0.5, 0.6) is 0 Å². The number of rotatable bonds is 3. The first-order chi connectivity index (χ1) is 5.07. The third-order valence-corrected chi connectivity index (χ3v) is 1.53. The molecule has 0 aromatic rings. The van der Waals surface area contributed by atoms with Gasteiger partial charge in [0.1, 0.15) is 0 Å². The van der Waals surface area contributed by atoms with E-state index in [4.69, 9.17) is 0 Å². The molecule has 0 saturated carbocycles. The van der Waals surface area contributed by atoms with Gasteiger partial charge < -0.3 is 0 Å². The van der Waals surface area contributed by atoms with Crippen molar-refractivity contribution in [2.75, 3.05) is 0 Å². The fraction of sp³-hybridized carbons (Fsp3) is 0.500. The molecule has 0 spiro atoms. The maximum absolute atomic E-state index is 11.0. The molecule has 1 heteroatoms. The zero-order chi connectivity index (χ0) is 8.85. The van der Waals surface area contributed by atoms with Crippen molar-refractivity contribution in [3.63, 3.8) is 0 Å². The normalized spacial score (nSPS) is 13.0. The van der Waals surface area contributed by atoms with Crippen LogP contribution in [0.2, 0.25) is 0 Å². The highest BCUT2D eigenvalue weighted by molar-refractivity contribution is 5.91. The molecule has 0 heterocycles. The quantitative estimate of drug-likeness (QED) is 0.449. The van der Waals surface area contributed by atoms with E-state index in [1.54, 1.807) is 6.08 Å². The Morgan fingerprint density at radius 3 is 2.18 bits per heavy atom. The number of allylic oxidation sites excluding steroid dienone is 4. The van der Waals surface area contributed by atoms with E-state index in [1.165, 1.54) is 0 Å². The van der Waals surface area contributed by atoms with Gasteiger partial charge in [-0.05, 0) is 19.9 Å². The van der Waals surface area contributed by atoms with Crippen LogP contribution in [0.15, 0.2) is 23.8 Å². The van der Waals surface area contributed by atoms with Gasteiger partial charge in [0.2, 0.25) is 0 Å². The van der Waals surface area contributed by atoms with Gasteiger partial charge >= 0.3 is 0 Å². The predicted molar refractivity (Wildman–Crippen MR) is 48.4 cm³/mol. The van der Waals surface area contributed by atoms with E-state index in [9.17, 15) is 4.79 Å². The van der Waals surface area contributed by atoms with Crippen LogP contribution in [0.4, 0.5) is 0 Å². The first-order valence-electron chi connectivity index (χ1n) is 3.92. The van der Waals surface area contributed by atoms with Gasteiger partial charge in [-0.25, -0.2) is 0 Å². The van der Waals surface area contributed by atoms with Gasteiger partial charge in [0, 0.05) is 5.92 Å². The Bertz CT molecular complexity index is 185. The molecule has 0 unspecified atom stereocenters. The Kier molecular flexibility index (Phi) is 4.51. The molecule has 0 amide bonds. The van der Waals surface area contributed by atoms with Crippen molar-refractivity contribution in [1.82, 2.24) is 0 Å². The second-order valence-electron chi connectivity index (χ2n) is 2.92. The summed E-state index contributed by atoms with van der Waals surface area (Å²) < 4.78 is 0. The van der Waals surface area contributed by atoms with Crippen molar-refractivity contribution in [1.29, 1.82) is 0 Å². The average molecular weight is 152 g/mol. The zero-order valence-corrected chi connectivity index (χ0v) is 7.72. The van der Waals surface area contributed by atoms with Gasteiger partial charge in [-0.1, -0.05) is 31.6 Å². The average Bonchev–Trinajstić information content (AvgIpc) is 1.99. The molecule has 62 valence electrons. The van der Waals surface area contributed by atoms with Crippen molar-refractivity contribution in [2.45, 2.75) is 27.7 Å². The lowest BCUT2D eigenvalue weighted by molar-refractivity contribution is -0.117. The Morgan fingerprint density at radius 2 is 1.82 bits per heavy atom. The monoisotopic (exact) mass is 152 g/mol. The van der Waals surface area contributed by atoms with Crippen LogP contribution in [0, 0.1) is 5.92 Å². The second-order valence-corrected chi connectivity index (χ2v) is 2.92. The van der Waals surface area contributed by atoms with Gasteiger partial charge in [-0.2, -0.15) is 0 Å². The maximum Gasteiger partial charge on any atom is 0.158 e. The van der Waals surface area contributed by atoms with E-state index < -0.39 is 0 Å². The van der Waals surface area contributed by atoms with Gasteiger partial charge in [-0.15, -0.1) is 0 Å². The van der Waals surface area contributed by atoms with Crippen LogP contribution in [0.25, 0.3) is 0 Å². The SMILES string of the molecule is C/C=C(C)\C=C/C(=O)C(C)C. The fourth-order valence-corrected chi connectivity index (χ4v) is 0.502. The molecule has 11 heavy (non-hydrogen) atoms. The summed E-state index contributed by atoms with van der Waals surface area (Å²) in [7, 11) is 0. The lowest BCUT2D eigenvalue weighted by atomic mass is 10.1. The predicted octanol–water partition coefficient (Wildman–Crippen LogP) is 2.73. The molecular weight excluding hydrogens is 136 g/mol. The van der Waals surface area contributed by atoms with E-state index in [1.807, 2.05) is 39.8 Å². The largest absolute Gasteiger partial charge is 0.295 e. The molecule has 0 aliphatic carbocycles. The van der Waals surface area contributed by atoms with E-state index in [-0.39, 0.29) is 11.7 Å². The fourth-order valence-electron chi connectivity index (χ4n) is 0.502. The number of hydrogen-bond acceptors (Lipinski definition) is 1. The first kappa shape index (κ1) is 10.2. The molecule has 1 nitrogen and oxygen atoms in total. The van der Waals surface area contributed by atoms with E-state index in [0.717, 1.165) is 5.57 Å². The minimum Gasteiger partial charge on any atom is -0.295 e. The van der Waals surface area contributed by atoms with Crippen LogP contribution in [-0.2, 0) is 4.79 Å². The van der Waals surface area contributed by atoms with Gasteiger partial charge in [0.15, 0.2) is 5.78 Å². The Hall–Kier alpha value is -0.850. The maximum atomic E-state index is 11.0. The smallest absolute Gasteiger partial charge is 0.158 e. The number of ketones is 1.